The zero-order chi connectivity index (χ0) is 13.6. The molecular formula is C15H20O2. The molecule has 2 heteroatoms. The summed E-state index contributed by atoms with van der Waals surface area (Å²) in [6.45, 7) is 16.1. The Labute approximate surface area is 103 Å². The van der Waals surface area contributed by atoms with Crippen molar-refractivity contribution in [3.63, 3.8) is 0 Å². The standard InChI is InChI=1S/C15H20O2/c1-7-9-14(10(3)4)15(12(6)17)13(8-2)11(5)16/h7-9,16-17H,1,3,5H2,2,4,6H3/b13-8+,14-9+,15-12+. The molecule has 0 fully saturated rings. The molecule has 0 saturated heterocycles. The Bertz CT molecular complexity index is 428. The molecule has 0 unspecified atom stereocenters. The molecule has 0 rings (SSSR count). The Morgan fingerprint density at radius 3 is 1.82 bits per heavy atom. The molecule has 0 aliphatic carbocycles. The summed E-state index contributed by atoms with van der Waals surface area (Å²) in [5.41, 5.74) is 2.51. The first-order valence-corrected chi connectivity index (χ1v) is 5.30. The van der Waals surface area contributed by atoms with Crippen LogP contribution in [0, 0.1) is 0 Å². The molecule has 2 nitrogen and oxygen atoms in total. The zero-order valence-electron chi connectivity index (χ0n) is 10.7. The molecule has 0 spiro atoms. The summed E-state index contributed by atoms with van der Waals surface area (Å²) in [5, 5.41) is 19.3. The average molecular weight is 232 g/mol. The second-order valence-electron chi connectivity index (χ2n) is 3.71. The van der Waals surface area contributed by atoms with E-state index >= 15 is 0 Å². The van der Waals surface area contributed by atoms with Gasteiger partial charge in [-0.15, -0.1) is 0 Å². The van der Waals surface area contributed by atoms with Gasteiger partial charge in [0, 0.05) is 11.1 Å². The number of hydrogen-bond acceptors (Lipinski definition) is 2. The lowest BCUT2D eigenvalue weighted by Gasteiger charge is -2.15. The number of hydrogen-bond donors (Lipinski definition) is 2. The van der Waals surface area contributed by atoms with Gasteiger partial charge in [0.15, 0.2) is 0 Å². The fraction of sp³-hybridized carbons (Fsp3) is 0.200. The van der Waals surface area contributed by atoms with E-state index in [1.54, 1.807) is 32.1 Å². The van der Waals surface area contributed by atoms with Gasteiger partial charge in [0.2, 0.25) is 0 Å². The van der Waals surface area contributed by atoms with Gasteiger partial charge in [-0.2, -0.15) is 0 Å². The van der Waals surface area contributed by atoms with Gasteiger partial charge >= 0.3 is 0 Å². The smallest absolute Gasteiger partial charge is 0.116 e. The summed E-state index contributed by atoms with van der Waals surface area (Å²) in [4.78, 5) is 0. The molecule has 0 atom stereocenters. The van der Waals surface area contributed by atoms with Crippen LogP contribution >= 0.6 is 0 Å². The predicted molar refractivity (Wildman–Crippen MR) is 73.9 cm³/mol. The van der Waals surface area contributed by atoms with Crippen molar-refractivity contribution in [1.82, 2.24) is 0 Å². The van der Waals surface area contributed by atoms with Gasteiger partial charge in [0.05, 0.1) is 5.76 Å². The highest BCUT2D eigenvalue weighted by molar-refractivity contribution is 5.60. The van der Waals surface area contributed by atoms with Crippen molar-refractivity contribution in [2.45, 2.75) is 20.8 Å². The predicted octanol–water partition coefficient (Wildman–Crippen LogP) is 4.52. The topological polar surface area (TPSA) is 40.5 Å². The Morgan fingerprint density at radius 1 is 1.06 bits per heavy atom. The van der Waals surface area contributed by atoms with Crippen molar-refractivity contribution in [2.75, 3.05) is 0 Å². The molecule has 0 aromatic heterocycles. The van der Waals surface area contributed by atoms with Crippen molar-refractivity contribution >= 4 is 0 Å². The van der Waals surface area contributed by atoms with Gasteiger partial charge in [0.1, 0.15) is 5.76 Å². The van der Waals surface area contributed by atoms with Crippen LogP contribution in [0.25, 0.3) is 0 Å². The van der Waals surface area contributed by atoms with E-state index in [4.69, 9.17) is 0 Å². The number of aliphatic hydroxyl groups is 2. The van der Waals surface area contributed by atoms with Crippen LogP contribution in [-0.2, 0) is 0 Å². The van der Waals surface area contributed by atoms with Crippen molar-refractivity contribution in [1.29, 1.82) is 0 Å². The van der Waals surface area contributed by atoms with E-state index < -0.39 is 0 Å². The van der Waals surface area contributed by atoms with E-state index in [1.807, 2.05) is 6.92 Å². The molecule has 2 N–H and O–H groups in total. The maximum Gasteiger partial charge on any atom is 0.116 e. The van der Waals surface area contributed by atoms with E-state index in [9.17, 15) is 10.2 Å². The van der Waals surface area contributed by atoms with Gasteiger partial charge in [-0.25, -0.2) is 0 Å². The van der Waals surface area contributed by atoms with E-state index in [-0.39, 0.29) is 11.5 Å². The zero-order valence-corrected chi connectivity index (χ0v) is 10.7. The Kier molecular flexibility index (Phi) is 5.83. The van der Waals surface area contributed by atoms with Crippen molar-refractivity contribution in [3.8, 4) is 0 Å². The van der Waals surface area contributed by atoms with Crippen molar-refractivity contribution in [2.24, 2.45) is 0 Å². The number of aliphatic hydroxyl groups excluding tert-OH is 2. The fourth-order valence-corrected chi connectivity index (χ4v) is 1.55. The van der Waals surface area contributed by atoms with Crippen LogP contribution in [0.4, 0.5) is 0 Å². The minimum absolute atomic E-state index is 0.0906. The van der Waals surface area contributed by atoms with Gasteiger partial charge in [0.25, 0.3) is 0 Å². The van der Waals surface area contributed by atoms with Crippen LogP contribution in [0.2, 0.25) is 0 Å². The molecule has 0 aliphatic rings. The van der Waals surface area contributed by atoms with Crippen LogP contribution in [0.1, 0.15) is 20.8 Å². The summed E-state index contributed by atoms with van der Waals surface area (Å²) in [6.07, 6.45) is 5.04. The molecule has 17 heavy (non-hydrogen) atoms. The molecule has 0 amide bonds. The second-order valence-corrected chi connectivity index (χ2v) is 3.71. The minimum atomic E-state index is -0.0906. The van der Waals surface area contributed by atoms with Crippen LogP contribution in [0.15, 0.2) is 71.8 Å². The van der Waals surface area contributed by atoms with Crippen LogP contribution in [0.3, 0.4) is 0 Å². The molecular weight excluding hydrogens is 212 g/mol. The largest absolute Gasteiger partial charge is 0.512 e. The second kappa shape index (κ2) is 6.59. The number of allylic oxidation sites excluding steroid dienone is 7. The summed E-state index contributed by atoms with van der Waals surface area (Å²) < 4.78 is 0. The maximum atomic E-state index is 9.78. The first-order valence-electron chi connectivity index (χ1n) is 5.30. The Hall–Kier alpha value is -1.96. The van der Waals surface area contributed by atoms with Crippen molar-refractivity contribution < 1.29 is 10.2 Å². The van der Waals surface area contributed by atoms with Crippen LogP contribution in [-0.4, -0.2) is 10.2 Å². The third-order valence-corrected chi connectivity index (χ3v) is 2.24. The highest BCUT2D eigenvalue weighted by atomic mass is 16.3. The summed E-state index contributed by atoms with van der Waals surface area (Å²) in [6, 6.07) is 0. The Balaban J connectivity index is 5.97. The first kappa shape index (κ1) is 15.0. The molecule has 0 saturated carbocycles. The quantitative estimate of drug-likeness (QED) is 0.540. The lowest BCUT2D eigenvalue weighted by Crippen LogP contribution is -2.01. The molecule has 0 aliphatic heterocycles. The van der Waals surface area contributed by atoms with E-state index in [1.165, 1.54) is 0 Å². The van der Waals surface area contributed by atoms with Crippen molar-refractivity contribution in [3.05, 3.63) is 71.8 Å². The van der Waals surface area contributed by atoms with Gasteiger partial charge in [-0.3, -0.25) is 0 Å². The molecule has 0 radical (unpaired) electrons. The monoisotopic (exact) mass is 232 g/mol. The van der Waals surface area contributed by atoms with Gasteiger partial charge in [-0.05, 0) is 26.3 Å². The van der Waals surface area contributed by atoms with Gasteiger partial charge < -0.3 is 10.2 Å². The summed E-state index contributed by atoms with van der Waals surface area (Å²) in [7, 11) is 0. The lowest BCUT2D eigenvalue weighted by atomic mass is 9.91. The third-order valence-electron chi connectivity index (χ3n) is 2.24. The molecule has 92 valence electrons. The summed E-state index contributed by atoms with van der Waals surface area (Å²) >= 11 is 0. The normalized spacial score (nSPS) is 14.1. The van der Waals surface area contributed by atoms with Crippen LogP contribution in [0.5, 0.6) is 0 Å². The first-order chi connectivity index (χ1) is 7.86. The van der Waals surface area contributed by atoms with E-state index in [0.717, 1.165) is 11.1 Å². The number of rotatable bonds is 5. The highest BCUT2D eigenvalue weighted by Crippen LogP contribution is 2.30. The lowest BCUT2D eigenvalue weighted by molar-refractivity contribution is 0.402. The van der Waals surface area contributed by atoms with Gasteiger partial charge in [-0.1, -0.05) is 43.5 Å². The summed E-state index contributed by atoms with van der Waals surface area (Å²) in [5.74, 6) is 0.0107. The molecule has 0 bridgehead atoms. The Morgan fingerprint density at radius 2 is 1.59 bits per heavy atom. The third kappa shape index (κ3) is 3.83. The minimum Gasteiger partial charge on any atom is -0.512 e. The molecule has 0 heterocycles. The average Bonchev–Trinajstić information content (AvgIpc) is 2.21. The molecule has 0 aromatic carbocycles. The SMILES string of the molecule is C=C/C=C(C(=C)C)/C(C(=C/C)/C(=C)O)=C(\C)O. The van der Waals surface area contributed by atoms with Crippen LogP contribution < -0.4 is 0 Å². The highest BCUT2D eigenvalue weighted by Gasteiger charge is 2.16. The molecule has 0 aromatic rings. The maximum absolute atomic E-state index is 9.78. The van der Waals surface area contributed by atoms with E-state index in [2.05, 4.69) is 19.7 Å². The fourth-order valence-electron chi connectivity index (χ4n) is 1.55. The van der Waals surface area contributed by atoms with E-state index in [0.29, 0.717) is 11.1 Å².